The summed E-state index contributed by atoms with van der Waals surface area (Å²) < 4.78 is 10.6. The Morgan fingerprint density at radius 3 is 2.75 bits per heavy atom. The molecule has 3 rings (SSSR count). The minimum absolute atomic E-state index is 0.0617. The van der Waals surface area contributed by atoms with E-state index in [1.54, 1.807) is 18.3 Å². The highest BCUT2D eigenvalue weighted by Gasteiger charge is 2.22. The van der Waals surface area contributed by atoms with E-state index < -0.39 is 10.9 Å². The molecule has 1 aromatic heterocycles. The number of aromatic nitrogens is 1. The summed E-state index contributed by atoms with van der Waals surface area (Å²) in [5.41, 5.74) is 0.787. The number of pyridine rings is 1. The first-order chi connectivity index (χ1) is 11.6. The lowest BCUT2D eigenvalue weighted by Gasteiger charge is -2.07. The van der Waals surface area contributed by atoms with Gasteiger partial charge in [0.05, 0.1) is 10.5 Å². The van der Waals surface area contributed by atoms with E-state index in [0.29, 0.717) is 18.2 Å². The van der Waals surface area contributed by atoms with Crippen molar-refractivity contribution in [3.05, 3.63) is 70.0 Å². The molecule has 0 saturated carbocycles. The molecule has 8 nitrogen and oxygen atoms in total. The monoisotopic (exact) mass is 327 g/mol. The van der Waals surface area contributed by atoms with Crippen molar-refractivity contribution >= 4 is 17.6 Å². The Morgan fingerprint density at radius 1 is 1.29 bits per heavy atom. The summed E-state index contributed by atoms with van der Waals surface area (Å²) in [6, 6.07) is 10.3. The molecule has 1 atom stereocenters. The second-order valence-corrected chi connectivity index (χ2v) is 5.02. The first-order valence-electron chi connectivity index (χ1n) is 7.17. The molecule has 0 N–H and O–H groups in total. The van der Waals surface area contributed by atoms with Crippen LogP contribution in [0.25, 0.3) is 0 Å². The second kappa shape index (κ2) is 6.86. The lowest BCUT2D eigenvalue weighted by Crippen LogP contribution is -2.18. The van der Waals surface area contributed by atoms with Crippen LogP contribution in [0, 0.1) is 10.1 Å². The fourth-order valence-corrected chi connectivity index (χ4v) is 2.10. The number of rotatable bonds is 5. The smallest absolute Gasteiger partial charge is 0.338 e. The van der Waals surface area contributed by atoms with Gasteiger partial charge >= 0.3 is 5.97 Å². The van der Waals surface area contributed by atoms with E-state index in [-0.39, 0.29) is 23.9 Å². The SMILES string of the molecule is O=C(OC[C@@H]1COC(c2ccccn2)=N1)c1ccc([N+](=O)[O-])cc1. The Labute approximate surface area is 136 Å². The molecule has 1 aromatic carbocycles. The Kier molecular flexibility index (Phi) is 4.46. The van der Waals surface area contributed by atoms with Gasteiger partial charge in [0.15, 0.2) is 0 Å². The van der Waals surface area contributed by atoms with E-state index in [9.17, 15) is 14.9 Å². The highest BCUT2D eigenvalue weighted by molar-refractivity contribution is 5.93. The van der Waals surface area contributed by atoms with Crippen molar-refractivity contribution in [2.45, 2.75) is 6.04 Å². The Balaban J connectivity index is 1.57. The number of carbonyl (C=O) groups is 1. The number of nitrogens with zero attached hydrogens (tertiary/aromatic N) is 3. The van der Waals surface area contributed by atoms with Crippen molar-refractivity contribution < 1.29 is 19.2 Å². The van der Waals surface area contributed by atoms with E-state index in [4.69, 9.17) is 9.47 Å². The fraction of sp³-hybridized carbons (Fsp3) is 0.188. The normalized spacial score (nSPS) is 16.2. The van der Waals surface area contributed by atoms with Crippen LogP contribution in [0.2, 0.25) is 0 Å². The number of ether oxygens (including phenoxy) is 2. The van der Waals surface area contributed by atoms with Crippen LogP contribution in [-0.2, 0) is 9.47 Å². The maximum absolute atomic E-state index is 11.9. The van der Waals surface area contributed by atoms with E-state index >= 15 is 0 Å². The van der Waals surface area contributed by atoms with Crippen molar-refractivity contribution in [1.82, 2.24) is 4.98 Å². The summed E-state index contributed by atoms with van der Waals surface area (Å²) in [6.45, 7) is 0.367. The zero-order valence-corrected chi connectivity index (χ0v) is 12.5. The third kappa shape index (κ3) is 3.54. The topological polar surface area (TPSA) is 104 Å². The highest BCUT2D eigenvalue weighted by Crippen LogP contribution is 2.14. The van der Waals surface area contributed by atoms with Crippen LogP contribution in [0.1, 0.15) is 16.1 Å². The lowest BCUT2D eigenvalue weighted by atomic mass is 10.2. The van der Waals surface area contributed by atoms with E-state index in [1.165, 1.54) is 24.3 Å². The van der Waals surface area contributed by atoms with Gasteiger partial charge in [-0.3, -0.25) is 15.1 Å². The molecule has 0 radical (unpaired) electrons. The molecule has 24 heavy (non-hydrogen) atoms. The lowest BCUT2D eigenvalue weighted by molar-refractivity contribution is -0.384. The van der Waals surface area contributed by atoms with Crippen molar-refractivity contribution in [3.63, 3.8) is 0 Å². The number of hydrogen-bond acceptors (Lipinski definition) is 7. The first-order valence-corrected chi connectivity index (χ1v) is 7.17. The van der Waals surface area contributed by atoms with Gasteiger partial charge in [-0.25, -0.2) is 9.79 Å². The van der Waals surface area contributed by atoms with Crippen molar-refractivity contribution in [3.8, 4) is 0 Å². The molecule has 1 aliphatic heterocycles. The zero-order valence-electron chi connectivity index (χ0n) is 12.5. The molecule has 0 amide bonds. The minimum Gasteiger partial charge on any atom is -0.474 e. The third-order valence-corrected chi connectivity index (χ3v) is 3.32. The van der Waals surface area contributed by atoms with Crippen LogP contribution in [0.15, 0.2) is 53.7 Å². The molecule has 0 saturated heterocycles. The van der Waals surface area contributed by atoms with Gasteiger partial charge < -0.3 is 9.47 Å². The predicted molar refractivity (Wildman–Crippen MR) is 83.9 cm³/mol. The molecule has 0 fully saturated rings. The summed E-state index contributed by atoms with van der Waals surface area (Å²) in [7, 11) is 0. The standard InChI is InChI=1S/C16H13N3O5/c20-16(11-4-6-13(7-5-11)19(21)22)24-10-12-9-23-15(18-12)14-3-1-2-8-17-14/h1-8,12H,9-10H2/t12-/m0/s1. The molecule has 0 aliphatic carbocycles. The largest absolute Gasteiger partial charge is 0.474 e. The summed E-state index contributed by atoms with van der Waals surface area (Å²) in [5.74, 6) is -0.140. The van der Waals surface area contributed by atoms with Crippen molar-refractivity contribution in [2.24, 2.45) is 4.99 Å². The number of hydrogen-bond donors (Lipinski definition) is 0. The van der Waals surface area contributed by atoms with E-state index in [1.807, 2.05) is 6.07 Å². The summed E-state index contributed by atoms with van der Waals surface area (Å²) in [5, 5.41) is 10.6. The van der Waals surface area contributed by atoms with E-state index in [0.717, 1.165) is 0 Å². The summed E-state index contributed by atoms with van der Waals surface area (Å²) >= 11 is 0. The van der Waals surface area contributed by atoms with Crippen LogP contribution in [0.3, 0.4) is 0 Å². The molecule has 8 heteroatoms. The van der Waals surface area contributed by atoms with Crippen molar-refractivity contribution in [1.29, 1.82) is 0 Å². The molecule has 0 unspecified atom stereocenters. The highest BCUT2D eigenvalue weighted by atomic mass is 16.6. The van der Waals surface area contributed by atoms with E-state index in [2.05, 4.69) is 9.98 Å². The maximum atomic E-state index is 11.9. The van der Waals surface area contributed by atoms with Gasteiger partial charge in [0.25, 0.3) is 5.69 Å². The molecule has 0 spiro atoms. The van der Waals surface area contributed by atoms with Crippen LogP contribution in [0.5, 0.6) is 0 Å². The quantitative estimate of drug-likeness (QED) is 0.472. The van der Waals surface area contributed by atoms with Gasteiger partial charge in [0.1, 0.15) is 24.9 Å². The van der Waals surface area contributed by atoms with Crippen LogP contribution < -0.4 is 0 Å². The van der Waals surface area contributed by atoms with Gasteiger partial charge in [0, 0.05) is 18.3 Å². The molecule has 2 heterocycles. The van der Waals surface area contributed by atoms with Crippen molar-refractivity contribution in [2.75, 3.05) is 13.2 Å². The average molecular weight is 327 g/mol. The van der Waals surface area contributed by atoms with Gasteiger partial charge in [-0.1, -0.05) is 6.07 Å². The fourth-order valence-electron chi connectivity index (χ4n) is 2.10. The Bertz CT molecular complexity index is 774. The average Bonchev–Trinajstić information content (AvgIpc) is 3.09. The van der Waals surface area contributed by atoms with Gasteiger partial charge in [-0.05, 0) is 24.3 Å². The van der Waals surface area contributed by atoms with Gasteiger partial charge in [-0.15, -0.1) is 0 Å². The predicted octanol–water partition coefficient (Wildman–Crippen LogP) is 1.99. The second-order valence-electron chi connectivity index (χ2n) is 5.02. The number of nitro benzene ring substituents is 1. The molecule has 1 aliphatic rings. The van der Waals surface area contributed by atoms with Crippen LogP contribution >= 0.6 is 0 Å². The van der Waals surface area contributed by atoms with Crippen LogP contribution in [0.4, 0.5) is 5.69 Å². The van der Waals surface area contributed by atoms with Gasteiger partial charge in [0.2, 0.25) is 5.90 Å². The number of non-ortho nitro benzene ring substituents is 1. The molecule has 2 aromatic rings. The maximum Gasteiger partial charge on any atom is 0.338 e. The molecule has 122 valence electrons. The summed E-state index contributed by atoms with van der Waals surface area (Å²) in [6.07, 6.45) is 1.64. The number of aliphatic imine (C=N–C) groups is 1. The molecular weight excluding hydrogens is 314 g/mol. The molecular formula is C16H13N3O5. The number of nitro groups is 1. The first kappa shape index (κ1) is 15.6. The third-order valence-electron chi connectivity index (χ3n) is 3.32. The number of carbonyl (C=O) groups excluding carboxylic acids is 1. The summed E-state index contributed by atoms with van der Waals surface area (Å²) in [4.78, 5) is 30.5. The Hall–Kier alpha value is -3.29. The van der Waals surface area contributed by atoms with Crippen LogP contribution in [-0.4, -0.2) is 41.0 Å². The molecule has 0 bridgehead atoms. The zero-order chi connectivity index (χ0) is 16.9. The minimum atomic E-state index is -0.564. The Morgan fingerprint density at radius 2 is 2.08 bits per heavy atom. The number of esters is 1. The number of benzene rings is 1. The van der Waals surface area contributed by atoms with Gasteiger partial charge in [-0.2, -0.15) is 0 Å².